The van der Waals surface area contributed by atoms with Gasteiger partial charge >= 0.3 is 6.09 Å². The normalized spacial score (nSPS) is 17.9. The first-order valence-electron chi connectivity index (χ1n) is 11.2. The van der Waals surface area contributed by atoms with Crippen LogP contribution in [0.1, 0.15) is 37.7 Å². The lowest BCUT2D eigenvalue weighted by molar-refractivity contribution is -0.136. The van der Waals surface area contributed by atoms with E-state index >= 15 is 0 Å². The molecule has 1 saturated heterocycles. The van der Waals surface area contributed by atoms with Crippen LogP contribution >= 0.6 is 0 Å². The van der Waals surface area contributed by atoms with Crippen molar-refractivity contribution in [2.24, 2.45) is 5.92 Å². The summed E-state index contributed by atoms with van der Waals surface area (Å²) in [5.74, 6) is -1.17. The molecule has 0 aliphatic carbocycles. The fourth-order valence-electron chi connectivity index (χ4n) is 4.33. The summed E-state index contributed by atoms with van der Waals surface area (Å²) >= 11 is 0. The van der Waals surface area contributed by atoms with Gasteiger partial charge in [0, 0.05) is 17.5 Å². The zero-order valence-electron chi connectivity index (χ0n) is 19.6. The predicted octanol–water partition coefficient (Wildman–Crippen LogP) is 4.50. The molecule has 182 valence electrons. The number of H-pyrrole nitrogens is 1. The van der Waals surface area contributed by atoms with Crippen LogP contribution in [0.25, 0.3) is 22.0 Å². The number of aromatic nitrogens is 2. The fourth-order valence-corrected chi connectivity index (χ4v) is 4.33. The second-order valence-corrected chi connectivity index (χ2v) is 9.00. The lowest BCUT2D eigenvalue weighted by atomic mass is 10.0. The van der Waals surface area contributed by atoms with Crippen LogP contribution in [0, 0.1) is 18.3 Å². The maximum atomic E-state index is 14.5. The number of hydrogen-bond acceptors (Lipinski definition) is 4. The van der Waals surface area contributed by atoms with Crippen molar-refractivity contribution in [3.05, 3.63) is 54.0 Å². The molecule has 1 aliphatic heterocycles. The molecule has 0 radical (unpaired) electrons. The van der Waals surface area contributed by atoms with E-state index in [1.54, 1.807) is 20.0 Å². The first-order chi connectivity index (χ1) is 16.6. The van der Waals surface area contributed by atoms with Gasteiger partial charge in [-0.15, -0.1) is 6.42 Å². The SMILES string of the molecule is C#Cc1ccc2cc(-c3cnc([C@@H]4CC(F)(F)CN4C(=O)[C@@H](NC(=O)OC)C(C)C)[nH]3)ccc2c1. The number of aromatic amines is 1. The Hall–Kier alpha value is -3.93. The minimum atomic E-state index is -3.09. The lowest BCUT2D eigenvalue weighted by Crippen LogP contribution is -2.51. The van der Waals surface area contributed by atoms with E-state index in [2.05, 4.69) is 25.9 Å². The highest BCUT2D eigenvalue weighted by molar-refractivity contribution is 5.88. The van der Waals surface area contributed by atoms with E-state index in [1.807, 2.05) is 36.4 Å². The monoisotopic (exact) mass is 480 g/mol. The molecule has 7 nitrogen and oxygen atoms in total. The number of alkyl halides is 2. The van der Waals surface area contributed by atoms with Crippen molar-refractivity contribution in [3.8, 4) is 23.6 Å². The number of benzene rings is 2. The van der Waals surface area contributed by atoms with Gasteiger partial charge in [-0.1, -0.05) is 38.0 Å². The minimum absolute atomic E-state index is 0.258. The van der Waals surface area contributed by atoms with Gasteiger partial charge in [-0.05, 0) is 34.9 Å². The quantitative estimate of drug-likeness (QED) is 0.527. The van der Waals surface area contributed by atoms with Gasteiger partial charge in [0.05, 0.1) is 31.6 Å². The number of nitrogens with zero attached hydrogens (tertiary/aromatic N) is 2. The number of methoxy groups -OCH3 is 1. The van der Waals surface area contributed by atoms with Gasteiger partial charge in [0.2, 0.25) is 5.91 Å². The van der Waals surface area contributed by atoms with E-state index in [1.165, 1.54) is 7.11 Å². The molecular formula is C26H26F2N4O3. The number of rotatable bonds is 5. The number of alkyl carbamates (subject to hydrolysis) is 1. The van der Waals surface area contributed by atoms with E-state index in [4.69, 9.17) is 6.42 Å². The van der Waals surface area contributed by atoms with Crippen LogP contribution in [0.3, 0.4) is 0 Å². The number of carbonyl (C=O) groups excluding carboxylic acids is 2. The maximum absolute atomic E-state index is 14.5. The Morgan fingerprint density at radius 3 is 2.66 bits per heavy atom. The van der Waals surface area contributed by atoms with Crippen molar-refractivity contribution in [1.29, 1.82) is 0 Å². The third kappa shape index (κ3) is 4.97. The molecule has 1 aromatic heterocycles. The van der Waals surface area contributed by atoms with E-state index in [9.17, 15) is 18.4 Å². The van der Waals surface area contributed by atoms with Crippen molar-refractivity contribution < 1.29 is 23.1 Å². The molecule has 2 heterocycles. The summed E-state index contributed by atoms with van der Waals surface area (Å²) in [6.07, 6.45) is 5.67. The summed E-state index contributed by atoms with van der Waals surface area (Å²) in [6.45, 7) is 2.68. The molecule has 2 amide bonds. The van der Waals surface area contributed by atoms with Crippen LogP contribution in [-0.2, 0) is 9.53 Å². The van der Waals surface area contributed by atoms with Crippen molar-refractivity contribution in [1.82, 2.24) is 20.2 Å². The second-order valence-electron chi connectivity index (χ2n) is 9.00. The molecular weight excluding hydrogens is 454 g/mol. The van der Waals surface area contributed by atoms with E-state index in [0.717, 1.165) is 26.8 Å². The molecule has 0 bridgehead atoms. The van der Waals surface area contributed by atoms with Crippen LogP contribution in [0.4, 0.5) is 13.6 Å². The molecule has 1 fully saturated rings. The van der Waals surface area contributed by atoms with E-state index in [-0.39, 0.29) is 11.7 Å². The molecule has 0 unspecified atom stereocenters. The Bertz CT molecular complexity index is 1310. The third-order valence-electron chi connectivity index (χ3n) is 6.17. The molecule has 0 spiro atoms. The molecule has 2 atom stereocenters. The highest BCUT2D eigenvalue weighted by Crippen LogP contribution is 2.41. The van der Waals surface area contributed by atoms with Crippen LogP contribution in [0.15, 0.2) is 42.6 Å². The molecule has 4 rings (SSSR count). The number of imidazole rings is 1. The summed E-state index contributed by atoms with van der Waals surface area (Å²) in [6, 6.07) is 9.47. The van der Waals surface area contributed by atoms with Crippen LogP contribution in [0.2, 0.25) is 0 Å². The van der Waals surface area contributed by atoms with Gasteiger partial charge < -0.3 is 19.9 Å². The van der Waals surface area contributed by atoms with Crippen LogP contribution in [-0.4, -0.2) is 52.5 Å². The molecule has 3 aromatic rings. The molecule has 1 aliphatic rings. The fraction of sp³-hybridized carbons (Fsp3) is 0.346. The zero-order chi connectivity index (χ0) is 25.3. The summed E-state index contributed by atoms with van der Waals surface area (Å²) in [4.78, 5) is 33.5. The molecule has 0 saturated carbocycles. The zero-order valence-corrected chi connectivity index (χ0v) is 19.6. The Kier molecular flexibility index (Phi) is 6.48. The van der Waals surface area contributed by atoms with E-state index in [0.29, 0.717) is 5.69 Å². The minimum Gasteiger partial charge on any atom is -0.453 e. The lowest BCUT2D eigenvalue weighted by Gasteiger charge is -2.29. The predicted molar refractivity (Wildman–Crippen MR) is 128 cm³/mol. The Morgan fingerprint density at radius 1 is 1.26 bits per heavy atom. The number of hydrogen-bond donors (Lipinski definition) is 2. The number of amides is 2. The molecule has 35 heavy (non-hydrogen) atoms. The number of halogens is 2. The van der Waals surface area contributed by atoms with Crippen LogP contribution in [0.5, 0.6) is 0 Å². The first-order valence-corrected chi connectivity index (χ1v) is 11.2. The molecule has 2 aromatic carbocycles. The van der Waals surface area contributed by atoms with Gasteiger partial charge in [0.1, 0.15) is 11.9 Å². The Morgan fingerprint density at radius 2 is 1.97 bits per heavy atom. The van der Waals surface area contributed by atoms with E-state index < -0.39 is 43.0 Å². The summed E-state index contributed by atoms with van der Waals surface area (Å²) in [5.41, 5.74) is 2.24. The highest BCUT2D eigenvalue weighted by atomic mass is 19.3. The molecule has 9 heteroatoms. The largest absolute Gasteiger partial charge is 0.453 e. The van der Waals surface area contributed by atoms with Crippen LogP contribution < -0.4 is 5.32 Å². The Balaban J connectivity index is 1.63. The number of ether oxygens (including phenoxy) is 1. The summed E-state index contributed by atoms with van der Waals surface area (Å²) in [7, 11) is 1.18. The molecule has 2 N–H and O–H groups in total. The summed E-state index contributed by atoms with van der Waals surface area (Å²) in [5, 5.41) is 4.41. The number of likely N-dealkylation sites (tertiary alicyclic amines) is 1. The van der Waals surface area contributed by atoms with Crippen molar-refractivity contribution in [3.63, 3.8) is 0 Å². The standard InChI is InChI=1S/C26H26F2N4O3/c1-5-16-6-7-18-11-19(9-8-17(18)10-16)20-13-29-23(30-20)21-12-26(27,28)14-32(21)24(33)22(15(2)3)31-25(34)35-4/h1,6-11,13,15,21-22H,12,14H2,2-4H3,(H,29,30)(H,31,34)/t21-,22-/m0/s1. The van der Waals surface area contributed by atoms with Gasteiger partial charge in [-0.2, -0.15) is 0 Å². The van der Waals surface area contributed by atoms with Crippen molar-refractivity contribution >= 4 is 22.8 Å². The number of fused-ring (bicyclic) bond motifs is 1. The third-order valence-corrected chi connectivity index (χ3v) is 6.17. The topological polar surface area (TPSA) is 87.3 Å². The van der Waals surface area contributed by atoms with Crippen molar-refractivity contribution in [2.45, 2.75) is 38.3 Å². The first kappa shape index (κ1) is 24.2. The Labute approximate surface area is 201 Å². The summed E-state index contributed by atoms with van der Waals surface area (Å²) < 4.78 is 33.6. The number of carbonyl (C=O) groups is 2. The van der Waals surface area contributed by atoms with Crippen molar-refractivity contribution in [2.75, 3.05) is 13.7 Å². The smallest absolute Gasteiger partial charge is 0.407 e. The van der Waals surface area contributed by atoms with Gasteiger partial charge in [0.25, 0.3) is 5.92 Å². The van der Waals surface area contributed by atoms with Gasteiger partial charge in [-0.3, -0.25) is 4.79 Å². The maximum Gasteiger partial charge on any atom is 0.407 e. The van der Waals surface area contributed by atoms with Gasteiger partial charge in [-0.25, -0.2) is 18.6 Å². The number of terminal acetylenes is 1. The highest BCUT2D eigenvalue weighted by Gasteiger charge is 2.50. The average molecular weight is 481 g/mol. The second kappa shape index (κ2) is 9.37. The van der Waals surface area contributed by atoms with Gasteiger partial charge in [0.15, 0.2) is 0 Å². The average Bonchev–Trinajstić information content (AvgIpc) is 3.45. The number of nitrogens with one attached hydrogen (secondary N) is 2.